The van der Waals surface area contributed by atoms with Gasteiger partial charge in [-0.1, -0.05) is 44.2 Å². The van der Waals surface area contributed by atoms with E-state index >= 15 is 0 Å². The fraction of sp³-hybridized carbons (Fsp3) is 0.480. The van der Waals surface area contributed by atoms with Gasteiger partial charge in [-0.05, 0) is 56.8 Å². The number of ether oxygens (including phenoxy) is 1. The molecular weight excluding hydrogens is 422 g/mol. The molecule has 2 heterocycles. The van der Waals surface area contributed by atoms with E-state index in [-0.39, 0.29) is 12.2 Å². The molecule has 2 aromatic heterocycles. The second kappa shape index (κ2) is 9.96. The highest BCUT2D eigenvalue weighted by atomic mass is 32.1. The van der Waals surface area contributed by atoms with Crippen molar-refractivity contribution in [3.8, 4) is 0 Å². The highest BCUT2D eigenvalue weighted by Gasteiger charge is 2.27. The number of rotatable bonds is 8. The minimum absolute atomic E-state index is 0.110. The molecular formula is C25H31N3O3S. The van der Waals surface area contributed by atoms with E-state index in [2.05, 4.69) is 18.7 Å². The molecule has 4 rings (SSSR count). The van der Waals surface area contributed by atoms with Gasteiger partial charge in [-0.3, -0.25) is 14.3 Å². The molecule has 0 N–H and O–H groups in total. The molecule has 3 aromatic rings. The molecule has 0 amide bonds. The predicted octanol–water partition coefficient (Wildman–Crippen LogP) is 4.48. The molecule has 0 saturated heterocycles. The van der Waals surface area contributed by atoms with Crippen LogP contribution in [0.15, 0.2) is 35.1 Å². The van der Waals surface area contributed by atoms with Gasteiger partial charge in [0.15, 0.2) is 0 Å². The molecule has 0 fully saturated rings. The number of hydrogen-bond acceptors (Lipinski definition) is 6. The van der Waals surface area contributed by atoms with Crippen LogP contribution in [0.2, 0.25) is 0 Å². The topological polar surface area (TPSA) is 64.4 Å². The van der Waals surface area contributed by atoms with Crippen LogP contribution in [0.25, 0.3) is 10.2 Å². The molecule has 0 aliphatic heterocycles. The summed E-state index contributed by atoms with van der Waals surface area (Å²) in [4.78, 5) is 36.0. The number of benzene rings is 1. The standard InChI is InChI=1S/C25H31N3O3S/c1-4-27(5-2)15-21-26-23-22(19-13-9-10-14-20(19)32-23)24(29)28(21)17(3)25(30)31-16-18-11-7-6-8-12-18/h6-8,11-12,17H,4-5,9-10,13-16H2,1-3H3. The van der Waals surface area contributed by atoms with Gasteiger partial charge >= 0.3 is 5.97 Å². The second-order valence-electron chi connectivity index (χ2n) is 8.32. The average Bonchev–Trinajstić information content (AvgIpc) is 3.20. The van der Waals surface area contributed by atoms with Crippen molar-refractivity contribution in [3.63, 3.8) is 0 Å². The lowest BCUT2D eigenvalue weighted by atomic mass is 9.97. The van der Waals surface area contributed by atoms with Crippen LogP contribution in [-0.2, 0) is 35.5 Å². The number of carbonyl (C=O) groups is 1. The molecule has 1 aliphatic rings. The van der Waals surface area contributed by atoms with E-state index < -0.39 is 12.0 Å². The van der Waals surface area contributed by atoms with E-state index in [0.717, 1.165) is 54.7 Å². The van der Waals surface area contributed by atoms with Crippen molar-refractivity contribution < 1.29 is 9.53 Å². The van der Waals surface area contributed by atoms with Crippen molar-refractivity contribution in [1.82, 2.24) is 14.5 Å². The van der Waals surface area contributed by atoms with Crippen LogP contribution < -0.4 is 5.56 Å². The molecule has 1 atom stereocenters. The monoisotopic (exact) mass is 453 g/mol. The van der Waals surface area contributed by atoms with Crippen LogP contribution in [0.3, 0.4) is 0 Å². The zero-order valence-electron chi connectivity index (χ0n) is 19.1. The fourth-order valence-corrected chi connectivity index (χ4v) is 5.64. The van der Waals surface area contributed by atoms with E-state index in [1.54, 1.807) is 22.8 Å². The van der Waals surface area contributed by atoms with Gasteiger partial charge in [-0.25, -0.2) is 9.78 Å². The highest BCUT2D eigenvalue weighted by Crippen LogP contribution is 2.34. The highest BCUT2D eigenvalue weighted by molar-refractivity contribution is 7.18. The van der Waals surface area contributed by atoms with Gasteiger partial charge < -0.3 is 4.74 Å². The number of fused-ring (bicyclic) bond motifs is 3. The summed E-state index contributed by atoms with van der Waals surface area (Å²) >= 11 is 1.65. The third-order valence-corrected chi connectivity index (χ3v) is 7.49. The SMILES string of the molecule is CCN(CC)Cc1nc2sc3c(c2c(=O)n1C(C)C(=O)OCc1ccccc1)CCCC3. The van der Waals surface area contributed by atoms with Crippen molar-refractivity contribution in [3.05, 3.63) is 62.5 Å². The van der Waals surface area contributed by atoms with E-state index in [9.17, 15) is 9.59 Å². The van der Waals surface area contributed by atoms with Gasteiger partial charge in [-0.15, -0.1) is 11.3 Å². The Hall–Kier alpha value is -2.51. The normalized spacial score (nSPS) is 14.5. The molecule has 0 spiro atoms. The van der Waals surface area contributed by atoms with E-state index in [4.69, 9.17) is 9.72 Å². The van der Waals surface area contributed by atoms with E-state index in [1.165, 1.54) is 4.88 Å². The van der Waals surface area contributed by atoms with Gasteiger partial charge in [-0.2, -0.15) is 0 Å². The Labute approximate surface area is 192 Å². The summed E-state index contributed by atoms with van der Waals surface area (Å²) in [5.74, 6) is 0.218. The van der Waals surface area contributed by atoms with Gasteiger partial charge in [0, 0.05) is 4.88 Å². The van der Waals surface area contributed by atoms with Crippen molar-refractivity contribution in [1.29, 1.82) is 0 Å². The van der Waals surface area contributed by atoms with Crippen LogP contribution in [0, 0.1) is 0 Å². The number of aromatic nitrogens is 2. The number of thiophene rings is 1. The lowest BCUT2D eigenvalue weighted by Gasteiger charge is -2.23. The zero-order valence-corrected chi connectivity index (χ0v) is 19.9. The summed E-state index contributed by atoms with van der Waals surface area (Å²) in [6.07, 6.45) is 4.17. The molecule has 0 radical (unpaired) electrons. The lowest BCUT2D eigenvalue weighted by Crippen LogP contribution is -2.35. The lowest BCUT2D eigenvalue weighted by molar-refractivity contribution is -0.148. The first-order valence-corrected chi connectivity index (χ1v) is 12.3. The predicted molar refractivity (Wildman–Crippen MR) is 128 cm³/mol. The molecule has 170 valence electrons. The third-order valence-electron chi connectivity index (χ3n) is 6.31. The second-order valence-corrected chi connectivity index (χ2v) is 9.41. The number of nitrogens with zero attached hydrogens (tertiary/aromatic N) is 3. The summed E-state index contributed by atoms with van der Waals surface area (Å²) in [6.45, 7) is 8.33. The van der Waals surface area contributed by atoms with Gasteiger partial charge in [0.1, 0.15) is 23.3 Å². The number of esters is 1. The smallest absolute Gasteiger partial charge is 0.329 e. The summed E-state index contributed by atoms with van der Waals surface area (Å²) in [6, 6.07) is 8.85. The molecule has 0 bridgehead atoms. The molecule has 7 heteroatoms. The maximum absolute atomic E-state index is 13.8. The van der Waals surface area contributed by atoms with Crippen LogP contribution in [-0.4, -0.2) is 33.5 Å². The quantitative estimate of drug-likeness (QED) is 0.471. The first kappa shape index (κ1) is 22.7. The Morgan fingerprint density at radius 3 is 2.62 bits per heavy atom. The molecule has 1 aliphatic carbocycles. The number of carbonyl (C=O) groups excluding carboxylic acids is 1. The third kappa shape index (κ3) is 4.50. The molecule has 6 nitrogen and oxygen atoms in total. The number of hydrogen-bond donors (Lipinski definition) is 0. The Bertz CT molecular complexity index is 1150. The van der Waals surface area contributed by atoms with Gasteiger partial charge in [0.05, 0.1) is 11.9 Å². The minimum Gasteiger partial charge on any atom is -0.459 e. The van der Waals surface area contributed by atoms with Crippen LogP contribution in [0.5, 0.6) is 0 Å². The Balaban J connectivity index is 1.73. The van der Waals surface area contributed by atoms with Crippen molar-refractivity contribution in [2.75, 3.05) is 13.1 Å². The van der Waals surface area contributed by atoms with Crippen molar-refractivity contribution in [2.24, 2.45) is 0 Å². The molecule has 0 saturated carbocycles. The Morgan fingerprint density at radius 1 is 1.19 bits per heavy atom. The Morgan fingerprint density at radius 2 is 1.91 bits per heavy atom. The first-order valence-electron chi connectivity index (χ1n) is 11.5. The van der Waals surface area contributed by atoms with E-state index in [1.807, 2.05) is 30.3 Å². The van der Waals surface area contributed by atoms with Crippen molar-refractivity contribution >= 4 is 27.5 Å². The summed E-state index contributed by atoms with van der Waals surface area (Å²) in [7, 11) is 0. The maximum atomic E-state index is 13.8. The van der Waals surface area contributed by atoms with E-state index in [0.29, 0.717) is 17.8 Å². The molecule has 1 unspecified atom stereocenters. The zero-order chi connectivity index (χ0) is 22.7. The Kier molecular flexibility index (Phi) is 7.06. The summed E-state index contributed by atoms with van der Waals surface area (Å²) in [5.41, 5.74) is 1.95. The van der Waals surface area contributed by atoms with Crippen LogP contribution >= 0.6 is 11.3 Å². The average molecular weight is 454 g/mol. The van der Waals surface area contributed by atoms with Gasteiger partial charge in [0.25, 0.3) is 5.56 Å². The fourth-order valence-electron chi connectivity index (χ4n) is 4.37. The van der Waals surface area contributed by atoms with Crippen LogP contribution in [0.4, 0.5) is 0 Å². The summed E-state index contributed by atoms with van der Waals surface area (Å²) < 4.78 is 7.16. The largest absolute Gasteiger partial charge is 0.459 e. The van der Waals surface area contributed by atoms with Crippen molar-refractivity contribution in [2.45, 2.75) is 65.6 Å². The van der Waals surface area contributed by atoms with Gasteiger partial charge in [0.2, 0.25) is 0 Å². The molecule has 32 heavy (non-hydrogen) atoms. The van der Waals surface area contributed by atoms with Crippen LogP contribution in [0.1, 0.15) is 61.5 Å². The number of aryl methyl sites for hydroxylation is 2. The summed E-state index contributed by atoms with van der Waals surface area (Å²) in [5, 5.41) is 0.704. The maximum Gasteiger partial charge on any atom is 0.329 e. The first-order chi connectivity index (χ1) is 15.5. The molecule has 1 aromatic carbocycles. The minimum atomic E-state index is -0.743.